The number of H-pyrrole nitrogens is 1. The third kappa shape index (κ3) is 7.12. The summed E-state index contributed by atoms with van der Waals surface area (Å²) in [5.74, 6) is 0.229. The third-order valence-electron chi connectivity index (χ3n) is 3.52. The fraction of sp³-hybridized carbons (Fsp3) is 0.368. The number of hydrogen-bond acceptors (Lipinski definition) is 5. The van der Waals surface area contributed by atoms with Crippen LogP contribution in [-0.2, 0) is 9.53 Å². The van der Waals surface area contributed by atoms with Crippen LogP contribution in [0.15, 0.2) is 48.2 Å². The maximum Gasteiger partial charge on any atom is 0.332 e. The summed E-state index contributed by atoms with van der Waals surface area (Å²) < 4.78 is 10.7. The minimum absolute atomic E-state index is 0.379. The molecule has 1 aromatic carbocycles. The molecule has 0 aliphatic carbocycles. The van der Waals surface area contributed by atoms with Gasteiger partial charge in [-0.25, -0.2) is 4.79 Å². The predicted octanol–water partition coefficient (Wildman–Crippen LogP) is 3.42. The van der Waals surface area contributed by atoms with Crippen molar-refractivity contribution in [2.75, 3.05) is 13.2 Å². The van der Waals surface area contributed by atoms with E-state index < -0.39 is 0 Å². The zero-order chi connectivity index (χ0) is 17.9. The average molecular weight is 343 g/mol. The summed E-state index contributed by atoms with van der Waals surface area (Å²) >= 11 is 0. The normalized spacial score (nSPS) is 11.3. The molecule has 6 nitrogen and oxygen atoms in total. The van der Waals surface area contributed by atoms with E-state index in [1.54, 1.807) is 6.92 Å². The van der Waals surface area contributed by atoms with Crippen LogP contribution in [0, 0.1) is 0 Å². The lowest BCUT2D eigenvalue weighted by Crippen LogP contribution is -2.05. The quantitative estimate of drug-likeness (QED) is 0.392. The second-order valence-electron chi connectivity index (χ2n) is 5.80. The van der Waals surface area contributed by atoms with E-state index in [0.29, 0.717) is 24.8 Å². The minimum Gasteiger partial charge on any atom is -0.477 e. The number of allylic oxidation sites excluding steroid dienone is 1. The van der Waals surface area contributed by atoms with Crippen molar-refractivity contribution in [3.63, 3.8) is 0 Å². The van der Waals surface area contributed by atoms with E-state index >= 15 is 0 Å². The van der Waals surface area contributed by atoms with Gasteiger partial charge in [0, 0.05) is 17.8 Å². The number of unbranched alkanes of at least 4 members (excludes halogenated alkanes) is 3. The zero-order valence-electron chi connectivity index (χ0n) is 14.5. The minimum atomic E-state index is -0.379. The standard InChI is InChI=1S/C19H25N3O3/c1-15(20)13-19(23)25-12-8-3-2-7-11-24-18-14-17(21-22-18)16-9-5-4-6-10-16/h4-6,9-10,13-14H,2-3,7-8,11-12,20H2,1H3,(H,21,22)/b15-13-. The summed E-state index contributed by atoms with van der Waals surface area (Å²) in [7, 11) is 0. The lowest BCUT2D eigenvalue weighted by atomic mass is 10.2. The number of aromatic amines is 1. The third-order valence-corrected chi connectivity index (χ3v) is 3.52. The lowest BCUT2D eigenvalue weighted by molar-refractivity contribution is -0.137. The van der Waals surface area contributed by atoms with Crippen LogP contribution in [0.4, 0.5) is 0 Å². The summed E-state index contributed by atoms with van der Waals surface area (Å²) in [5.41, 5.74) is 7.88. The molecule has 0 unspecified atom stereocenters. The maximum absolute atomic E-state index is 11.2. The van der Waals surface area contributed by atoms with E-state index in [-0.39, 0.29) is 5.97 Å². The number of nitrogens with one attached hydrogen (secondary N) is 1. The molecule has 0 aliphatic rings. The predicted molar refractivity (Wildman–Crippen MR) is 96.9 cm³/mol. The van der Waals surface area contributed by atoms with Gasteiger partial charge in [0.2, 0.25) is 5.88 Å². The fourth-order valence-corrected chi connectivity index (χ4v) is 2.28. The van der Waals surface area contributed by atoms with Crippen LogP contribution >= 0.6 is 0 Å². The molecule has 6 heteroatoms. The van der Waals surface area contributed by atoms with Gasteiger partial charge in [0.1, 0.15) is 0 Å². The van der Waals surface area contributed by atoms with Gasteiger partial charge in [-0.2, -0.15) is 0 Å². The number of hydrogen-bond donors (Lipinski definition) is 2. The largest absolute Gasteiger partial charge is 0.477 e. The van der Waals surface area contributed by atoms with Crippen molar-refractivity contribution in [1.82, 2.24) is 10.2 Å². The Bertz CT molecular complexity index is 676. The topological polar surface area (TPSA) is 90.2 Å². The highest BCUT2D eigenvalue weighted by atomic mass is 16.5. The highest BCUT2D eigenvalue weighted by Gasteiger charge is 2.04. The van der Waals surface area contributed by atoms with Crippen molar-refractivity contribution in [2.45, 2.75) is 32.6 Å². The van der Waals surface area contributed by atoms with E-state index in [4.69, 9.17) is 15.2 Å². The van der Waals surface area contributed by atoms with Crippen LogP contribution in [0.5, 0.6) is 5.88 Å². The molecule has 0 fully saturated rings. The van der Waals surface area contributed by atoms with Crippen LogP contribution in [-0.4, -0.2) is 29.4 Å². The van der Waals surface area contributed by atoms with Crippen LogP contribution in [0.1, 0.15) is 32.6 Å². The molecular weight excluding hydrogens is 318 g/mol. The molecular formula is C19H25N3O3. The molecule has 0 radical (unpaired) electrons. The molecule has 0 saturated heterocycles. The van der Waals surface area contributed by atoms with E-state index in [0.717, 1.165) is 36.9 Å². The number of rotatable bonds is 10. The molecule has 2 rings (SSSR count). The molecule has 1 heterocycles. The van der Waals surface area contributed by atoms with Gasteiger partial charge in [-0.1, -0.05) is 30.3 Å². The lowest BCUT2D eigenvalue weighted by Gasteiger charge is -2.04. The number of aromatic nitrogens is 2. The Morgan fingerprint density at radius 2 is 1.88 bits per heavy atom. The number of carbonyl (C=O) groups is 1. The first-order valence-electron chi connectivity index (χ1n) is 8.49. The van der Waals surface area contributed by atoms with Crippen LogP contribution in [0.2, 0.25) is 0 Å². The molecule has 0 aliphatic heterocycles. The average Bonchev–Trinajstić information content (AvgIpc) is 3.06. The van der Waals surface area contributed by atoms with E-state index in [2.05, 4.69) is 10.2 Å². The second-order valence-corrected chi connectivity index (χ2v) is 5.80. The van der Waals surface area contributed by atoms with Crippen LogP contribution in [0.25, 0.3) is 11.3 Å². The van der Waals surface area contributed by atoms with Crippen LogP contribution < -0.4 is 10.5 Å². The van der Waals surface area contributed by atoms with Gasteiger partial charge >= 0.3 is 5.97 Å². The first kappa shape index (κ1) is 18.6. The molecule has 0 spiro atoms. The number of benzene rings is 1. The number of carbonyl (C=O) groups excluding carboxylic acids is 1. The number of nitrogens with two attached hydrogens (primary N) is 1. The molecule has 25 heavy (non-hydrogen) atoms. The smallest absolute Gasteiger partial charge is 0.332 e. The van der Waals surface area contributed by atoms with Crippen molar-refractivity contribution in [3.8, 4) is 17.1 Å². The maximum atomic E-state index is 11.2. The number of esters is 1. The molecule has 0 bridgehead atoms. The summed E-state index contributed by atoms with van der Waals surface area (Å²) in [6, 6.07) is 11.9. The van der Waals surface area contributed by atoms with E-state index in [1.165, 1.54) is 6.08 Å². The van der Waals surface area contributed by atoms with Gasteiger partial charge < -0.3 is 15.2 Å². The summed E-state index contributed by atoms with van der Waals surface area (Å²) in [4.78, 5) is 11.2. The monoisotopic (exact) mass is 343 g/mol. The van der Waals surface area contributed by atoms with Crippen molar-refractivity contribution in [3.05, 3.63) is 48.2 Å². The van der Waals surface area contributed by atoms with Crippen molar-refractivity contribution in [2.24, 2.45) is 5.73 Å². The first-order valence-corrected chi connectivity index (χ1v) is 8.49. The highest BCUT2D eigenvalue weighted by Crippen LogP contribution is 2.20. The summed E-state index contributed by atoms with van der Waals surface area (Å²) in [5, 5.41) is 7.14. The van der Waals surface area contributed by atoms with Gasteiger partial charge in [0.25, 0.3) is 0 Å². The number of nitrogens with zero attached hydrogens (tertiary/aromatic N) is 1. The molecule has 0 amide bonds. The van der Waals surface area contributed by atoms with Crippen molar-refractivity contribution < 1.29 is 14.3 Å². The SMILES string of the molecule is C/C(N)=C/C(=O)OCCCCCCOc1cc(-c2ccccc2)[nH]n1. The second kappa shape index (κ2) is 10.2. The molecule has 0 atom stereocenters. The van der Waals surface area contributed by atoms with Gasteiger partial charge in [-0.3, -0.25) is 5.10 Å². The van der Waals surface area contributed by atoms with E-state index in [9.17, 15) is 4.79 Å². The molecule has 134 valence electrons. The Labute approximate surface area is 148 Å². The molecule has 3 N–H and O–H groups in total. The summed E-state index contributed by atoms with van der Waals surface area (Å²) in [6.07, 6.45) is 5.06. The van der Waals surface area contributed by atoms with Gasteiger partial charge in [0.05, 0.1) is 18.9 Å². The van der Waals surface area contributed by atoms with Crippen molar-refractivity contribution in [1.29, 1.82) is 0 Å². The van der Waals surface area contributed by atoms with Gasteiger partial charge in [0.15, 0.2) is 0 Å². The van der Waals surface area contributed by atoms with Gasteiger partial charge in [-0.05, 0) is 38.2 Å². The molecule has 2 aromatic rings. The van der Waals surface area contributed by atoms with E-state index in [1.807, 2.05) is 36.4 Å². The first-order chi connectivity index (χ1) is 12.1. The molecule has 1 aromatic heterocycles. The summed E-state index contributed by atoms with van der Waals surface area (Å²) in [6.45, 7) is 2.70. The highest BCUT2D eigenvalue weighted by molar-refractivity contribution is 5.82. The Hall–Kier alpha value is -2.76. The Balaban J connectivity index is 1.54. The van der Waals surface area contributed by atoms with Crippen LogP contribution in [0.3, 0.4) is 0 Å². The number of ether oxygens (including phenoxy) is 2. The van der Waals surface area contributed by atoms with Gasteiger partial charge in [-0.15, -0.1) is 5.10 Å². The Kier molecular flexibility index (Phi) is 7.56. The van der Waals surface area contributed by atoms with Crippen molar-refractivity contribution >= 4 is 5.97 Å². The molecule has 0 saturated carbocycles. The zero-order valence-corrected chi connectivity index (χ0v) is 14.5. The Morgan fingerprint density at radius 1 is 1.16 bits per heavy atom. The Morgan fingerprint density at radius 3 is 2.60 bits per heavy atom. The fourth-order valence-electron chi connectivity index (χ4n) is 2.28.